The van der Waals surface area contributed by atoms with Gasteiger partial charge in [0.05, 0.1) is 0 Å². The van der Waals surface area contributed by atoms with E-state index in [1.54, 1.807) is 0 Å². The Bertz CT molecular complexity index is 4550. The molecule has 3 heterocycles. The molecule has 0 aliphatic heterocycles. The van der Waals surface area contributed by atoms with Crippen molar-refractivity contribution in [3.63, 3.8) is 0 Å². The van der Waals surface area contributed by atoms with Gasteiger partial charge in [-0.3, -0.25) is 0 Å². The minimum Gasteiger partial charge on any atom is -0.310 e. The van der Waals surface area contributed by atoms with Crippen LogP contribution in [0.5, 0.6) is 0 Å². The molecular weight excluding hydrogens is 1080 g/mol. The molecular formula is C78H51N3S3. The van der Waals surface area contributed by atoms with Gasteiger partial charge in [0.2, 0.25) is 0 Å². The van der Waals surface area contributed by atoms with Crippen LogP contribution in [0.25, 0.3) is 93.9 Å². The Labute approximate surface area is 499 Å². The highest BCUT2D eigenvalue weighted by Gasteiger charge is 2.20. The molecule has 0 saturated carbocycles. The second-order valence-corrected chi connectivity index (χ2v) is 24.5. The molecule has 0 radical (unpaired) electrons. The Balaban J connectivity index is 0.800. The van der Waals surface area contributed by atoms with Crippen LogP contribution < -0.4 is 14.7 Å². The topological polar surface area (TPSA) is 9.72 Å². The number of benzene rings is 13. The zero-order valence-corrected chi connectivity index (χ0v) is 48.0. The van der Waals surface area contributed by atoms with E-state index >= 15 is 0 Å². The molecule has 0 spiro atoms. The number of fused-ring (bicyclic) bond motifs is 9. The lowest BCUT2D eigenvalue weighted by Gasteiger charge is -2.26. The lowest BCUT2D eigenvalue weighted by Crippen LogP contribution is -2.09. The molecule has 84 heavy (non-hydrogen) atoms. The molecule has 16 aromatic rings. The average molecular weight is 1130 g/mol. The van der Waals surface area contributed by atoms with E-state index in [0.29, 0.717) is 0 Å². The molecule has 0 aliphatic rings. The molecule has 3 aromatic heterocycles. The number of anilines is 9. The first-order valence-corrected chi connectivity index (χ1v) is 30.8. The summed E-state index contributed by atoms with van der Waals surface area (Å²) in [6.07, 6.45) is 0. The number of hydrogen-bond donors (Lipinski definition) is 0. The average Bonchev–Trinajstić information content (AvgIpc) is 4.43. The van der Waals surface area contributed by atoms with Crippen LogP contribution in [0.4, 0.5) is 51.2 Å². The predicted octanol–water partition coefficient (Wildman–Crippen LogP) is 24.2. The van der Waals surface area contributed by atoms with Gasteiger partial charge < -0.3 is 14.7 Å². The van der Waals surface area contributed by atoms with Crippen LogP contribution in [0.3, 0.4) is 0 Å². The number of nitrogens with zero attached hydrogens (tertiary/aromatic N) is 3. The van der Waals surface area contributed by atoms with Crippen LogP contribution in [-0.2, 0) is 0 Å². The maximum Gasteiger partial charge on any atom is 0.0468 e. The molecule has 0 amide bonds. The molecule has 0 N–H and O–H groups in total. The van der Waals surface area contributed by atoms with Crippen LogP contribution >= 0.6 is 34.0 Å². The maximum absolute atomic E-state index is 2.37. The van der Waals surface area contributed by atoms with E-state index in [4.69, 9.17) is 0 Å². The van der Waals surface area contributed by atoms with Gasteiger partial charge in [0.25, 0.3) is 0 Å². The fourth-order valence-corrected chi connectivity index (χ4v) is 15.4. The minimum absolute atomic E-state index is 1.09. The maximum atomic E-state index is 2.37. The Kier molecular flexibility index (Phi) is 12.4. The van der Waals surface area contributed by atoms with E-state index in [1.807, 2.05) is 34.0 Å². The van der Waals surface area contributed by atoms with Crippen molar-refractivity contribution in [2.75, 3.05) is 14.7 Å². The van der Waals surface area contributed by atoms with Crippen molar-refractivity contribution in [3.05, 3.63) is 309 Å². The molecule has 6 heteroatoms. The highest BCUT2D eigenvalue weighted by molar-refractivity contribution is 7.26. The van der Waals surface area contributed by atoms with Gasteiger partial charge in [-0.15, -0.1) is 34.0 Å². The number of rotatable bonds is 12. The SMILES string of the molecule is c1ccc(N(c2ccc(-c3cc(-c4ccc(N(c5ccccc5)c5ccc6sc7ccccc7c6c5)cc4)cc(-c4ccc(N(c5ccccc5)c5ccc6sc7ccccc7c6c5)cc4)c3)cc2)c2ccc3sc4ccccc4c3c2)cc1. The minimum atomic E-state index is 1.09. The summed E-state index contributed by atoms with van der Waals surface area (Å²) in [7, 11) is 0. The lowest BCUT2D eigenvalue weighted by molar-refractivity contribution is 1.29. The Morgan fingerprint density at radius 2 is 0.381 bits per heavy atom. The summed E-state index contributed by atoms with van der Waals surface area (Å²) in [5, 5.41) is 7.70. The van der Waals surface area contributed by atoms with Gasteiger partial charge in [-0.2, -0.15) is 0 Å². The standard InChI is InChI=1S/C78H51N3S3/c1-4-16-58(17-5-1)79(64-40-43-76-70(49-64)67-22-10-13-25-73(67)82-76)61-34-28-52(29-35-61)55-46-56(53-30-36-62(37-31-53)80(59-18-6-2-7-19-59)65-41-44-77-71(50-65)68-23-11-14-26-74(68)83-77)48-57(47-55)54-32-38-63(39-33-54)81(60-20-8-3-9-21-60)66-42-45-78-72(51-66)69-24-12-15-27-75(69)84-78/h1-51H. The zero-order valence-electron chi connectivity index (χ0n) is 45.5. The fourth-order valence-electron chi connectivity index (χ4n) is 12.2. The van der Waals surface area contributed by atoms with E-state index in [2.05, 4.69) is 324 Å². The van der Waals surface area contributed by atoms with Crippen molar-refractivity contribution in [3.8, 4) is 33.4 Å². The van der Waals surface area contributed by atoms with E-state index in [9.17, 15) is 0 Å². The summed E-state index contributed by atoms with van der Waals surface area (Å²) in [5.41, 5.74) is 16.8. The summed E-state index contributed by atoms with van der Waals surface area (Å²) >= 11 is 5.55. The summed E-state index contributed by atoms with van der Waals surface area (Å²) in [6.45, 7) is 0. The number of thiophene rings is 3. The van der Waals surface area contributed by atoms with E-state index in [1.165, 1.54) is 60.5 Å². The third-order valence-corrected chi connectivity index (χ3v) is 19.7. The van der Waals surface area contributed by atoms with Crippen molar-refractivity contribution in [1.82, 2.24) is 0 Å². The van der Waals surface area contributed by atoms with Gasteiger partial charge in [0.15, 0.2) is 0 Å². The summed E-state index contributed by atoms with van der Waals surface area (Å²) in [6, 6.07) is 114. The highest BCUT2D eigenvalue weighted by atomic mass is 32.1. The van der Waals surface area contributed by atoms with Gasteiger partial charge in [0.1, 0.15) is 0 Å². The van der Waals surface area contributed by atoms with Crippen LogP contribution in [0.2, 0.25) is 0 Å². The third-order valence-electron chi connectivity index (χ3n) is 16.2. The highest BCUT2D eigenvalue weighted by Crippen LogP contribution is 2.46. The monoisotopic (exact) mass is 1130 g/mol. The molecule has 0 atom stereocenters. The van der Waals surface area contributed by atoms with E-state index < -0.39 is 0 Å². The molecule has 396 valence electrons. The zero-order chi connectivity index (χ0) is 55.5. The third kappa shape index (κ3) is 9.05. The van der Waals surface area contributed by atoms with Gasteiger partial charge in [0, 0.05) is 112 Å². The first kappa shape index (κ1) is 49.7. The van der Waals surface area contributed by atoms with Crippen LogP contribution in [0, 0.1) is 0 Å². The second kappa shape index (κ2) is 21.0. The summed E-state index contributed by atoms with van der Waals surface area (Å²) in [5.74, 6) is 0. The Morgan fingerprint density at radius 3 is 0.667 bits per heavy atom. The van der Waals surface area contributed by atoms with Crippen molar-refractivity contribution in [2.24, 2.45) is 0 Å². The predicted molar refractivity (Wildman–Crippen MR) is 365 cm³/mol. The molecule has 0 aliphatic carbocycles. The second-order valence-electron chi connectivity index (χ2n) is 21.3. The van der Waals surface area contributed by atoms with Crippen molar-refractivity contribution >= 4 is 146 Å². The lowest BCUT2D eigenvalue weighted by atomic mass is 9.93. The van der Waals surface area contributed by atoms with E-state index in [0.717, 1.165) is 84.6 Å². The summed E-state index contributed by atoms with van der Waals surface area (Å²) in [4.78, 5) is 7.12. The molecule has 3 nitrogen and oxygen atoms in total. The van der Waals surface area contributed by atoms with Gasteiger partial charge >= 0.3 is 0 Å². The molecule has 0 bridgehead atoms. The first-order chi connectivity index (χ1) is 41.6. The molecule has 0 fully saturated rings. The molecule has 0 saturated heterocycles. The summed E-state index contributed by atoms with van der Waals surface area (Å²) < 4.78 is 7.79. The van der Waals surface area contributed by atoms with Gasteiger partial charge in [-0.1, -0.05) is 146 Å². The molecule has 13 aromatic carbocycles. The Morgan fingerprint density at radius 1 is 0.155 bits per heavy atom. The molecule has 16 rings (SSSR count). The van der Waals surface area contributed by atoms with Crippen LogP contribution in [0.1, 0.15) is 0 Å². The van der Waals surface area contributed by atoms with Crippen molar-refractivity contribution < 1.29 is 0 Å². The van der Waals surface area contributed by atoms with E-state index in [-0.39, 0.29) is 0 Å². The smallest absolute Gasteiger partial charge is 0.0468 e. The largest absolute Gasteiger partial charge is 0.310 e. The van der Waals surface area contributed by atoms with Crippen molar-refractivity contribution in [2.45, 2.75) is 0 Å². The van der Waals surface area contributed by atoms with Gasteiger partial charge in [-0.25, -0.2) is 0 Å². The first-order valence-electron chi connectivity index (χ1n) is 28.4. The van der Waals surface area contributed by atoms with Crippen molar-refractivity contribution in [1.29, 1.82) is 0 Å². The number of hydrogen-bond acceptors (Lipinski definition) is 6. The quantitative estimate of drug-likeness (QED) is 0.121. The normalized spacial score (nSPS) is 11.6. The Hall–Kier alpha value is -10.1. The molecule has 0 unspecified atom stereocenters. The van der Waals surface area contributed by atoms with Crippen LogP contribution in [-0.4, -0.2) is 0 Å². The van der Waals surface area contributed by atoms with Crippen LogP contribution in [0.15, 0.2) is 309 Å². The number of para-hydroxylation sites is 3. The fraction of sp³-hybridized carbons (Fsp3) is 0. The van der Waals surface area contributed by atoms with Gasteiger partial charge in [-0.05, 0) is 197 Å².